The molecule has 45 heavy (non-hydrogen) atoms. The number of likely N-dealkylation sites (N-methyl/N-ethyl adjacent to an activating group) is 1. The number of nitrogens with zero attached hydrogens (tertiary/aromatic N) is 4. The number of hydrogen-bond donors (Lipinski definition) is 3. The SMILES string of the molecule is CCN(CC)CCCC(C)Nc1ccnc2cc(Cl)ccc12.CCN(CCO)CCCC(C)Nc1ccnc2cc(Cl)ccc12. The smallest absolute Gasteiger partial charge is 0.0737 e. The molecule has 7 nitrogen and oxygen atoms in total. The van der Waals surface area contributed by atoms with Crippen molar-refractivity contribution in [3.63, 3.8) is 0 Å². The molecule has 0 radical (unpaired) electrons. The normalized spacial score (nSPS) is 12.8. The lowest BCUT2D eigenvalue weighted by molar-refractivity contribution is 0.199. The van der Waals surface area contributed by atoms with E-state index in [1.165, 1.54) is 13.0 Å². The Morgan fingerprint density at radius 1 is 0.667 bits per heavy atom. The molecule has 0 amide bonds. The van der Waals surface area contributed by atoms with Crippen molar-refractivity contribution in [3.8, 4) is 0 Å². The van der Waals surface area contributed by atoms with Crippen LogP contribution in [0.4, 0.5) is 11.4 Å². The summed E-state index contributed by atoms with van der Waals surface area (Å²) in [6.45, 7) is 17.4. The molecule has 2 unspecified atom stereocenters. The molecule has 2 aromatic carbocycles. The van der Waals surface area contributed by atoms with Gasteiger partial charge in [0.05, 0.1) is 17.6 Å². The van der Waals surface area contributed by atoms with Gasteiger partial charge in [-0.15, -0.1) is 0 Å². The van der Waals surface area contributed by atoms with Gasteiger partial charge in [0.2, 0.25) is 0 Å². The minimum atomic E-state index is 0.229. The lowest BCUT2D eigenvalue weighted by Crippen LogP contribution is -2.28. The number of benzene rings is 2. The maximum atomic E-state index is 9.02. The highest BCUT2D eigenvalue weighted by molar-refractivity contribution is 6.31. The number of pyridine rings is 2. The van der Waals surface area contributed by atoms with Crippen molar-refractivity contribution in [2.45, 2.75) is 72.4 Å². The van der Waals surface area contributed by atoms with Crippen molar-refractivity contribution in [3.05, 3.63) is 71.0 Å². The van der Waals surface area contributed by atoms with E-state index in [-0.39, 0.29) is 6.61 Å². The molecule has 2 aromatic heterocycles. The number of nitrogens with one attached hydrogen (secondary N) is 2. The summed E-state index contributed by atoms with van der Waals surface area (Å²) in [6, 6.07) is 16.5. The molecule has 0 bridgehead atoms. The summed E-state index contributed by atoms with van der Waals surface area (Å²) in [5.41, 5.74) is 4.08. The highest BCUT2D eigenvalue weighted by Crippen LogP contribution is 2.26. The Morgan fingerprint density at radius 3 is 1.53 bits per heavy atom. The fourth-order valence-electron chi connectivity index (χ4n) is 5.52. The second-order valence-corrected chi connectivity index (χ2v) is 12.5. The average molecular weight is 656 g/mol. The second kappa shape index (κ2) is 19.7. The highest BCUT2D eigenvalue weighted by Gasteiger charge is 2.09. The van der Waals surface area contributed by atoms with Crippen LogP contribution in [0.15, 0.2) is 60.9 Å². The highest BCUT2D eigenvalue weighted by atomic mass is 35.5. The maximum Gasteiger partial charge on any atom is 0.0737 e. The summed E-state index contributed by atoms with van der Waals surface area (Å²) >= 11 is 12.1. The predicted molar refractivity (Wildman–Crippen MR) is 195 cm³/mol. The maximum absolute atomic E-state index is 9.02. The van der Waals surface area contributed by atoms with Crippen LogP contribution in [0.2, 0.25) is 10.0 Å². The van der Waals surface area contributed by atoms with Crippen molar-refractivity contribution in [2.24, 2.45) is 0 Å². The minimum absolute atomic E-state index is 0.229. The number of fused-ring (bicyclic) bond motifs is 2. The Labute approximate surface area is 280 Å². The third-order valence-electron chi connectivity index (χ3n) is 8.19. The van der Waals surface area contributed by atoms with E-state index in [2.05, 4.69) is 65.0 Å². The molecule has 0 aliphatic heterocycles. The van der Waals surface area contributed by atoms with Gasteiger partial charge in [0, 0.05) is 63.2 Å². The van der Waals surface area contributed by atoms with Crippen molar-refractivity contribution in [1.82, 2.24) is 19.8 Å². The number of halogens is 2. The number of aliphatic hydroxyl groups is 1. The Hall–Kier alpha value is -2.68. The first-order valence-electron chi connectivity index (χ1n) is 16.4. The van der Waals surface area contributed by atoms with Crippen LogP contribution in [0, 0.1) is 0 Å². The van der Waals surface area contributed by atoms with Crippen LogP contribution in [0.5, 0.6) is 0 Å². The van der Waals surface area contributed by atoms with Gasteiger partial charge in [-0.05, 0) is 121 Å². The van der Waals surface area contributed by atoms with Crippen molar-refractivity contribution in [1.29, 1.82) is 0 Å². The van der Waals surface area contributed by atoms with Gasteiger partial charge in [-0.25, -0.2) is 0 Å². The Kier molecular flexibility index (Phi) is 16.1. The lowest BCUT2D eigenvalue weighted by Gasteiger charge is -2.21. The molecule has 0 fully saturated rings. The van der Waals surface area contributed by atoms with Gasteiger partial charge in [-0.3, -0.25) is 9.97 Å². The Morgan fingerprint density at radius 2 is 1.11 bits per heavy atom. The molecular weight excluding hydrogens is 603 g/mol. The van der Waals surface area contributed by atoms with E-state index < -0.39 is 0 Å². The number of aliphatic hydroxyl groups excluding tert-OH is 1. The van der Waals surface area contributed by atoms with Gasteiger partial charge < -0.3 is 25.5 Å². The predicted octanol–water partition coefficient (Wildman–Crippen LogP) is 8.59. The van der Waals surface area contributed by atoms with Crippen LogP contribution in [0.3, 0.4) is 0 Å². The summed E-state index contributed by atoms with van der Waals surface area (Å²) in [6.07, 6.45) is 8.21. The van der Waals surface area contributed by atoms with E-state index in [1.54, 1.807) is 0 Å². The quantitative estimate of drug-likeness (QED) is 0.105. The summed E-state index contributed by atoms with van der Waals surface area (Å²) in [7, 11) is 0. The molecule has 0 aliphatic rings. The molecular formula is C36H52Cl2N6O. The van der Waals surface area contributed by atoms with Gasteiger partial charge >= 0.3 is 0 Å². The molecule has 2 heterocycles. The average Bonchev–Trinajstić information content (AvgIpc) is 3.03. The topological polar surface area (TPSA) is 76.5 Å². The van der Waals surface area contributed by atoms with Crippen LogP contribution in [-0.4, -0.2) is 82.8 Å². The van der Waals surface area contributed by atoms with E-state index in [0.717, 1.165) is 90.2 Å². The molecule has 0 saturated carbocycles. The van der Waals surface area contributed by atoms with Gasteiger partial charge in [-0.1, -0.05) is 44.0 Å². The summed E-state index contributed by atoms with van der Waals surface area (Å²) in [5.74, 6) is 0. The fraction of sp³-hybridized carbons (Fsp3) is 0.500. The standard InChI is InChI=1S/C18H26ClN3O.C18H26ClN3/c1-3-22(11-12-23)10-4-5-14(2)21-17-8-9-20-18-13-15(19)6-7-16(17)18;1-4-22(5-2)12-6-7-14(3)21-17-10-11-20-18-13-15(19)8-9-16(17)18/h6-9,13-14,23H,3-5,10-12H2,1-2H3,(H,20,21);8-11,13-14H,4-7,12H2,1-3H3,(H,20,21). The van der Waals surface area contributed by atoms with Crippen molar-refractivity contribution < 1.29 is 5.11 Å². The van der Waals surface area contributed by atoms with Crippen LogP contribution in [0.25, 0.3) is 21.8 Å². The lowest BCUT2D eigenvalue weighted by atomic mass is 10.1. The monoisotopic (exact) mass is 654 g/mol. The molecule has 0 spiro atoms. The molecule has 2 atom stereocenters. The largest absolute Gasteiger partial charge is 0.395 e. The molecule has 0 aliphatic carbocycles. The zero-order valence-electron chi connectivity index (χ0n) is 27.7. The molecule has 246 valence electrons. The van der Waals surface area contributed by atoms with E-state index in [1.807, 2.05) is 60.9 Å². The van der Waals surface area contributed by atoms with Gasteiger partial charge in [0.1, 0.15) is 0 Å². The third kappa shape index (κ3) is 12.2. The molecule has 3 N–H and O–H groups in total. The van der Waals surface area contributed by atoms with Crippen LogP contribution in [-0.2, 0) is 0 Å². The molecule has 9 heteroatoms. The third-order valence-corrected chi connectivity index (χ3v) is 8.66. The molecule has 4 aromatic rings. The van der Waals surface area contributed by atoms with E-state index >= 15 is 0 Å². The molecule has 4 rings (SSSR count). The Balaban J connectivity index is 0.000000246. The fourth-order valence-corrected chi connectivity index (χ4v) is 5.85. The minimum Gasteiger partial charge on any atom is -0.395 e. The first-order chi connectivity index (χ1) is 21.8. The zero-order valence-corrected chi connectivity index (χ0v) is 29.2. The van der Waals surface area contributed by atoms with Gasteiger partial charge in [-0.2, -0.15) is 0 Å². The first kappa shape index (κ1) is 36.8. The van der Waals surface area contributed by atoms with E-state index in [9.17, 15) is 0 Å². The summed E-state index contributed by atoms with van der Waals surface area (Å²) in [5, 5.41) is 19.9. The van der Waals surface area contributed by atoms with Crippen molar-refractivity contribution >= 4 is 56.4 Å². The first-order valence-corrected chi connectivity index (χ1v) is 17.2. The zero-order chi connectivity index (χ0) is 32.6. The summed E-state index contributed by atoms with van der Waals surface area (Å²) < 4.78 is 0. The van der Waals surface area contributed by atoms with E-state index in [0.29, 0.717) is 17.1 Å². The van der Waals surface area contributed by atoms with Gasteiger partial charge in [0.25, 0.3) is 0 Å². The van der Waals surface area contributed by atoms with Gasteiger partial charge in [0.15, 0.2) is 0 Å². The second-order valence-electron chi connectivity index (χ2n) is 11.6. The van der Waals surface area contributed by atoms with Crippen molar-refractivity contribution in [2.75, 3.05) is 56.5 Å². The number of rotatable bonds is 17. The van der Waals surface area contributed by atoms with E-state index in [4.69, 9.17) is 28.3 Å². The Bertz CT molecular complexity index is 1430. The number of aromatic nitrogens is 2. The molecule has 0 saturated heterocycles. The van der Waals surface area contributed by atoms with Crippen LogP contribution in [0.1, 0.15) is 60.3 Å². The number of hydrogen-bond acceptors (Lipinski definition) is 7. The van der Waals surface area contributed by atoms with Crippen LogP contribution < -0.4 is 10.6 Å². The number of anilines is 2. The van der Waals surface area contributed by atoms with Crippen LogP contribution >= 0.6 is 23.2 Å². The summed E-state index contributed by atoms with van der Waals surface area (Å²) in [4.78, 5) is 13.5.